The number of aromatic nitrogens is 5. The van der Waals surface area contributed by atoms with E-state index in [0.717, 1.165) is 48.6 Å². The van der Waals surface area contributed by atoms with E-state index >= 15 is 0 Å². The molecule has 3 aromatic heterocycles. The Morgan fingerprint density at radius 2 is 1.97 bits per heavy atom. The van der Waals surface area contributed by atoms with Crippen LogP contribution in [0.1, 0.15) is 54.8 Å². The summed E-state index contributed by atoms with van der Waals surface area (Å²) in [5, 5.41) is 8.23. The molecule has 1 aliphatic carbocycles. The summed E-state index contributed by atoms with van der Waals surface area (Å²) in [7, 11) is 1.47. The molecular weight excluding hydrogens is 449 g/mol. The van der Waals surface area contributed by atoms with Crippen molar-refractivity contribution in [2.24, 2.45) is 5.92 Å². The maximum atomic E-state index is 13.1. The first-order valence-electron chi connectivity index (χ1n) is 11.0. The molecule has 0 unspecified atom stereocenters. The molecule has 1 fully saturated rings. The van der Waals surface area contributed by atoms with Crippen molar-refractivity contribution in [3.63, 3.8) is 0 Å². The molecule has 178 valence electrons. The van der Waals surface area contributed by atoms with Gasteiger partial charge in [-0.25, -0.2) is 9.97 Å². The van der Waals surface area contributed by atoms with Crippen molar-refractivity contribution in [3.8, 4) is 5.75 Å². The third-order valence-electron chi connectivity index (χ3n) is 6.34. The van der Waals surface area contributed by atoms with Crippen LogP contribution in [0.3, 0.4) is 0 Å². The van der Waals surface area contributed by atoms with Gasteiger partial charge in [-0.05, 0) is 43.7 Å². The summed E-state index contributed by atoms with van der Waals surface area (Å²) in [6.45, 7) is 2.26. The molecule has 1 saturated carbocycles. The smallest absolute Gasteiger partial charge is 0.433 e. The van der Waals surface area contributed by atoms with Crippen molar-refractivity contribution in [1.29, 1.82) is 0 Å². The van der Waals surface area contributed by atoms with E-state index in [1.165, 1.54) is 24.0 Å². The molecule has 8 nitrogen and oxygen atoms in total. The summed E-state index contributed by atoms with van der Waals surface area (Å²) < 4.78 is 47.9. The number of carbonyl (C=O) groups excluding carboxylic acids is 1. The van der Waals surface area contributed by atoms with Crippen molar-refractivity contribution >= 4 is 28.1 Å². The number of nitrogens with one attached hydrogen (secondary N) is 1. The Bertz CT molecular complexity index is 1370. The van der Waals surface area contributed by atoms with E-state index in [0.29, 0.717) is 17.5 Å². The van der Waals surface area contributed by atoms with Gasteiger partial charge in [0, 0.05) is 23.8 Å². The Morgan fingerprint density at radius 1 is 1.21 bits per heavy atom. The highest BCUT2D eigenvalue weighted by Crippen LogP contribution is 2.35. The van der Waals surface area contributed by atoms with Crippen molar-refractivity contribution in [2.75, 3.05) is 12.4 Å². The van der Waals surface area contributed by atoms with Gasteiger partial charge in [-0.1, -0.05) is 6.92 Å². The second-order valence-corrected chi connectivity index (χ2v) is 8.72. The molecule has 0 spiro atoms. The van der Waals surface area contributed by atoms with Crippen LogP contribution in [-0.2, 0) is 6.18 Å². The van der Waals surface area contributed by atoms with Gasteiger partial charge in [0.25, 0.3) is 5.91 Å². The molecule has 0 bridgehead atoms. The van der Waals surface area contributed by atoms with Crippen LogP contribution in [0.5, 0.6) is 5.75 Å². The van der Waals surface area contributed by atoms with Gasteiger partial charge in [-0.2, -0.15) is 18.3 Å². The molecule has 3 heterocycles. The fraction of sp³-hybridized carbons (Fsp3) is 0.391. The van der Waals surface area contributed by atoms with E-state index in [4.69, 9.17) is 9.84 Å². The second kappa shape index (κ2) is 8.30. The minimum absolute atomic E-state index is 0.188. The van der Waals surface area contributed by atoms with Crippen LogP contribution < -0.4 is 10.1 Å². The number of anilines is 1. The van der Waals surface area contributed by atoms with Crippen molar-refractivity contribution < 1.29 is 22.7 Å². The molecule has 0 aliphatic heterocycles. The van der Waals surface area contributed by atoms with E-state index in [1.807, 2.05) is 10.9 Å². The quantitative estimate of drug-likeness (QED) is 0.446. The Labute approximate surface area is 192 Å². The molecule has 1 aromatic carbocycles. The Kier molecular flexibility index (Phi) is 5.41. The SMILES string of the molecule is COc1cc2nn([C@H]3CC[C@H](C)CC3)cc2cc1NC(=O)c1ncn2ccc(C(F)(F)F)nc12. The lowest BCUT2D eigenvalue weighted by Crippen LogP contribution is -2.16. The number of hydrogen-bond donors (Lipinski definition) is 1. The number of rotatable bonds is 4. The maximum Gasteiger partial charge on any atom is 0.433 e. The summed E-state index contributed by atoms with van der Waals surface area (Å²) in [6, 6.07) is 4.64. The van der Waals surface area contributed by atoms with Crippen LogP contribution in [0.2, 0.25) is 0 Å². The highest BCUT2D eigenvalue weighted by Gasteiger charge is 2.33. The maximum absolute atomic E-state index is 13.1. The largest absolute Gasteiger partial charge is 0.494 e. The molecule has 1 aliphatic rings. The standard InChI is InChI=1S/C23H23F3N6O2/c1-13-3-5-15(6-4-13)32-11-14-9-17(18(34-2)10-16(14)30-32)28-22(33)20-21-29-19(23(24,25)26)7-8-31(21)12-27-20/h7-13,15H,3-6H2,1-2H3,(H,28,33)/t13-,15-. The zero-order valence-corrected chi connectivity index (χ0v) is 18.6. The van der Waals surface area contributed by atoms with Crippen LogP contribution in [0.25, 0.3) is 16.6 Å². The highest BCUT2D eigenvalue weighted by molar-refractivity contribution is 6.08. The molecule has 0 radical (unpaired) electrons. The third kappa shape index (κ3) is 4.06. The first-order chi connectivity index (χ1) is 16.2. The predicted octanol–water partition coefficient (Wildman–Crippen LogP) is 5.11. The van der Waals surface area contributed by atoms with Crippen molar-refractivity contribution in [3.05, 3.63) is 48.3 Å². The van der Waals surface area contributed by atoms with E-state index in [2.05, 4.69) is 22.2 Å². The van der Waals surface area contributed by atoms with E-state index in [1.54, 1.807) is 12.1 Å². The fourth-order valence-electron chi connectivity index (χ4n) is 4.41. The first-order valence-corrected chi connectivity index (χ1v) is 11.0. The van der Waals surface area contributed by atoms with Gasteiger partial charge in [0.15, 0.2) is 11.3 Å². The minimum Gasteiger partial charge on any atom is -0.494 e. The Hall–Kier alpha value is -3.63. The van der Waals surface area contributed by atoms with Crippen LogP contribution in [0.15, 0.2) is 36.9 Å². The normalized spacial score (nSPS) is 19.0. The number of methoxy groups -OCH3 is 1. The monoisotopic (exact) mass is 472 g/mol. The summed E-state index contributed by atoms with van der Waals surface area (Å²) in [6.07, 6.45) is 4.18. The van der Waals surface area contributed by atoms with E-state index in [9.17, 15) is 18.0 Å². The van der Waals surface area contributed by atoms with Gasteiger partial charge in [0.2, 0.25) is 0 Å². The zero-order valence-electron chi connectivity index (χ0n) is 18.6. The average Bonchev–Trinajstić information content (AvgIpc) is 3.41. The molecule has 0 atom stereocenters. The number of ether oxygens (including phenoxy) is 1. The van der Waals surface area contributed by atoms with Crippen molar-refractivity contribution in [1.82, 2.24) is 24.1 Å². The molecular formula is C23H23F3N6O2. The topological polar surface area (TPSA) is 86.3 Å². The fourth-order valence-corrected chi connectivity index (χ4v) is 4.41. The molecule has 1 N–H and O–H groups in total. The number of halogens is 3. The molecule has 1 amide bonds. The molecule has 0 saturated heterocycles. The van der Waals surface area contributed by atoms with Gasteiger partial charge in [0.1, 0.15) is 17.8 Å². The minimum atomic E-state index is -4.63. The van der Waals surface area contributed by atoms with Crippen LogP contribution in [0.4, 0.5) is 18.9 Å². The third-order valence-corrected chi connectivity index (χ3v) is 6.34. The molecule has 5 rings (SSSR count). The van der Waals surface area contributed by atoms with Gasteiger partial charge in [-0.15, -0.1) is 0 Å². The lowest BCUT2D eigenvalue weighted by atomic mass is 9.87. The number of fused-ring (bicyclic) bond motifs is 2. The number of benzene rings is 1. The second-order valence-electron chi connectivity index (χ2n) is 8.72. The summed E-state index contributed by atoms with van der Waals surface area (Å²) >= 11 is 0. The lowest BCUT2D eigenvalue weighted by molar-refractivity contribution is -0.141. The lowest BCUT2D eigenvalue weighted by Gasteiger charge is -2.26. The predicted molar refractivity (Wildman–Crippen MR) is 119 cm³/mol. The molecule has 11 heteroatoms. The van der Waals surface area contributed by atoms with E-state index < -0.39 is 17.8 Å². The number of alkyl halides is 3. The zero-order chi connectivity index (χ0) is 24.0. The number of imidazole rings is 1. The van der Waals surface area contributed by atoms with E-state index in [-0.39, 0.29) is 11.3 Å². The number of carbonyl (C=O) groups is 1. The van der Waals surface area contributed by atoms with Crippen molar-refractivity contribution in [2.45, 2.75) is 44.8 Å². The molecule has 34 heavy (non-hydrogen) atoms. The van der Waals surface area contributed by atoms with Gasteiger partial charge >= 0.3 is 6.18 Å². The first kappa shape index (κ1) is 22.2. The van der Waals surface area contributed by atoms with Gasteiger partial charge < -0.3 is 10.1 Å². The summed E-state index contributed by atoms with van der Waals surface area (Å²) in [4.78, 5) is 20.5. The van der Waals surface area contributed by atoms with Crippen LogP contribution >= 0.6 is 0 Å². The van der Waals surface area contributed by atoms with Gasteiger partial charge in [-0.3, -0.25) is 13.9 Å². The number of amides is 1. The summed E-state index contributed by atoms with van der Waals surface area (Å²) in [5.74, 6) is 0.417. The van der Waals surface area contributed by atoms with Crippen LogP contribution in [-0.4, -0.2) is 37.2 Å². The van der Waals surface area contributed by atoms with Gasteiger partial charge in [0.05, 0.1) is 24.4 Å². The number of hydrogen-bond acceptors (Lipinski definition) is 5. The molecule has 4 aromatic rings. The number of nitrogens with zero attached hydrogens (tertiary/aromatic N) is 5. The Balaban J connectivity index is 1.45. The van der Waals surface area contributed by atoms with Crippen LogP contribution in [0, 0.1) is 5.92 Å². The Morgan fingerprint density at radius 3 is 2.68 bits per heavy atom. The average molecular weight is 472 g/mol. The summed E-state index contributed by atoms with van der Waals surface area (Å²) in [5.41, 5.74) is -0.410. The highest BCUT2D eigenvalue weighted by atomic mass is 19.4.